The molecule has 2 rings (SSSR count). The smallest absolute Gasteiger partial charge is 0.246 e. The molecule has 0 spiro atoms. The van der Waals surface area contributed by atoms with Gasteiger partial charge in [0.1, 0.15) is 4.90 Å². The Kier molecular flexibility index (Phi) is 3.82. The summed E-state index contributed by atoms with van der Waals surface area (Å²) < 4.78 is 30.1. The molecule has 0 atom stereocenters. The molecule has 0 fully saturated rings. The van der Waals surface area contributed by atoms with Crippen LogP contribution < -0.4 is 10.5 Å². The van der Waals surface area contributed by atoms with Crippen LogP contribution in [0.1, 0.15) is 18.2 Å². The molecule has 3 N–H and O–H groups in total. The Balaban J connectivity index is 2.19. The summed E-state index contributed by atoms with van der Waals surface area (Å²) in [5, 5.41) is 8.00. The molecule has 0 bridgehead atoms. The molecule has 0 saturated heterocycles. The monoisotopic (exact) mass is 298 g/mol. The van der Waals surface area contributed by atoms with Crippen molar-refractivity contribution in [3.05, 3.63) is 23.7 Å². The molecule has 0 aliphatic rings. The minimum atomic E-state index is -3.68. The predicted octanol–water partition coefficient (Wildman–Crippen LogP) is 0.00562. The quantitative estimate of drug-likeness (QED) is 0.808. The third kappa shape index (κ3) is 2.68. The van der Waals surface area contributed by atoms with E-state index in [1.807, 2.05) is 13.8 Å². The van der Waals surface area contributed by atoms with E-state index in [9.17, 15) is 8.42 Å². The second-order valence-corrected chi connectivity index (χ2v) is 6.17. The van der Waals surface area contributed by atoms with Gasteiger partial charge in [0.25, 0.3) is 0 Å². The first kappa shape index (κ1) is 14.5. The lowest BCUT2D eigenvalue weighted by molar-refractivity contribution is 0.581. The van der Waals surface area contributed by atoms with Crippen molar-refractivity contribution < 1.29 is 8.42 Å². The number of nitrogen functional groups attached to an aromatic ring is 1. The number of hydrogen-bond acceptors (Lipinski definition) is 5. The van der Waals surface area contributed by atoms with Crippen molar-refractivity contribution in [1.82, 2.24) is 24.3 Å². The van der Waals surface area contributed by atoms with E-state index in [-0.39, 0.29) is 17.3 Å². The Hall–Kier alpha value is -1.87. The zero-order chi connectivity index (χ0) is 14.9. The molecule has 2 aromatic heterocycles. The Bertz CT molecular complexity index is 715. The standard InChI is InChI=1S/C11H18N6O2S/c1-4-17-7-10(11(12)15-17)20(18,19)14-6-9-5-13-16(3)8(9)2/h5,7,14H,4,6H2,1-3H3,(H2,12,15). The fourth-order valence-corrected chi connectivity index (χ4v) is 2.83. The Morgan fingerprint density at radius 1 is 1.45 bits per heavy atom. The molecule has 110 valence electrons. The third-order valence-electron chi connectivity index (χ3n) is 3.16. The van der Waals surface area contributed by atoms with Gasteiger partial charge in [-0.1, -0.05) is 0 Å². The molecule has 2 aromatic rings. The molecule has 9 heteroatoms. The fourth-order valence-electron chi connectivity index (χ4n) is 1.76. The van der Waals surface area contributed by atoms with Crippen molar-refractivity contribution in [3.8, 4) is 0 Å². The molecule has 0 aromatic carbocycles. The summed E-state index contributed by atoms with van der Waals surface area (Å²) in [5.41, 5.74) is 7.36. The molecule has 0 unspecified atom stereocenters. The second-order valence-electron chi connectivity index (χ2n) is 4.44. The topological polar surface area (TPSA) is 108 Å². The van der Waals surface area contributed by atoms with Crippen molar-refractivity contribution in [3.63, 3.8) is 0 Å². The molecular formula is C11H18N6O2S. The molecule has 2 heterocycles. The van der Waals surface area contributed by atoms with Crippen LogP contribution in [0.2, 0.25) is 0 Å². The van der Waals surface area contributed by atoms with Gasteiger partial charge in [0.15, 0.2) is 5.82 Å². The number of rotatable bonds is 5. The van der Waals surface area contributed by atoms with E-state index in [1.54, 1.807) is 17.9 Å². The highest BCUT2D eigenvalue weighted by molar-refractivity contribution is 7.89. The average molecular weight is 298 g/mol. The summed E-state index contributed by atoms with van der Waals surface area (Å²) in [4.78, 5) is 0.000827. The maximum Gasteiger partial charge on any atom is 0.246 e. The van der Waals surface area contributed by atoms with Crippen molar-refractivity contribution in [2.24, 2.45) is 7.05 Å². The summed E-state index contributed by atoms with van der Waals surface area (Å²) in [6, 6.07) is 0. The van der Waals surface area contributed by atoms with Gasteiger partial charge < -0.3 is 5.73 Å². The van der Waals surface area contributed by atoms with Gasteiger partial charge in [0, 0.05) is 37.6 Å². The highest BCUT2D eigenvalue weighted by Crippen LogP contribution is 2.16. The zero-order valence-corrected chi connectivity index (χ0v) is 12.5. The lowest BCUT2D eigenvalue weighted by Crippen LogP contribution is -2.24. The van der Waals surface area contributed by atoms with E-state index in [0.29, 0.717) is 6.54 Å². The number of anilines is 1. The summed E-state index contributed by atoms with van der Waals surface area (Å²) in [6.07, 6.45) is 3.06. The highest BCUT2D eigenvalue weighted by Gasteiger charge is 2.21. The van der Waals surface area contributed by atoms with E-state index in [0.717, 1.165) is 11.3 Å². The van der Waals surface area contributed by atoms with Crippen LogP contribution >= 0.6 is 0 Å². The Morgan fingerprint density at radius 2 is 2.15 bits per heavy atom. The van der Waals surface area contributed by atoms with Crippen LogP contribution in [0.3, 0.4) is 0 Å². The van der Waals surface area contributed by atoms with E-state index in [4.69, 9.17) is 5.73 Å². The molecule has 0 aliphatic heterocycles. The fraction of sp³-hybridized carbons (Fsp3) is 0.455. The van der Waals surface area contributed by atoms with Gasteiger partial charge in [-0.05, 0) is 13.8 Å². The van der Waals surface area contributed by atoms with Crippen LogP contribution in [-0.2, 0) is 30.2 Å². The molecule has 20 heavy (non-hydrogen) atoms. The van der Waals surface area contributed by atoms with Crippen molar-refractivity contribution in [2.45, 2.75) is 31.8 Å². The maximum absolute atomic E-state index is 12.2. The Morgan fingerprint density at radius 3 is 2.65 bits per heavy atom. The van der Waals surface area contributed by atoms with Crippen molar-refractivity contribution in [2.75, 3.05) is 5.73 Å². The molecule has 0 saturated carbocycles. The first-order valence-electron chi connectivity index (χ1n) is 6.15. The molecule has 0 amide bonds. The molecule has 0 radical (unpaired) electrons. The van der Waals surface area contributed by atoms with Crippen LogP contribution in [0.5, 0.6) is 0 Å². The molecule has 0 aliphatic carbocycles. The molecule has 8 nitrogen and oxygen atoms in total. The molecular weight excluding hydrogens is 280 g/mol. The van der Waals surface area contributed by atoms with E-state index in [1.165, 1.54) is 10.9 Å². The summed E-state index contributed by atoms with van der Waals surface area (Å²) in [6.45, 7) is 4.45. The number of nitrogens with one attached hydrogen (secondary N) is 1. The lowest BCUT2D eigenvalue weighted by Gasteiger charge is -2.05. The minimum absolute atomic E-state index is 0.000827. The van der Waals surface area contributed by atoms with Gasteiger partial charge in [0.2, 0.25) is 10.0 Å². The minimum Gasteiger partial charge on any atom is -0.381 e. The van der Waals surface area contributed by atoms with Gasteiger partial charge in [-0.2, -0.15) is 10.2 Å². The van der Waals surface area contributed by atoms with Crippen molar-refractivity contribution >= 4 is 15.8 Å². The van der Waals surface area contributed by atoms with Crippen LogP contribution in [0.15, 0.2) is 17.3 Å². The number of nitrogens with two attached hydrogens (primary N) is 1. The number of nitrogens with zero attached hydrogens (tertiary/aromatic N) is 4. The van der Waals surface area contributed by atoms with E-state index < -0.39 is 10.0 Å². The summed E-state index contributed by atoms with van der Waals surface area (Å²) >= 11 is 0. The SMILES string of the molecule is CCn1cc(S(=O)(=O)NCc2cnn(C)c2C)c(N)n1. The highest BCUT2D eigenvalue weighted by atomic mass is 32.2. The summed E-state index contributed by atoms with van der Waals surface area (Å²) in [7, 11) is -1.88. The Labute approximate surface area is 117 Å². The number of hydrogen-bond donors (Lipinski definition) is 2. The van der Waals surface area contributed by atoms with Gasteiger partial charge >= 0.3 is 0 Å². The maximum atomic E-state index is 12.2. The van der Waals surface area contributed by atoms with Crippen LogP contribution in [0.25, 0.3) is 0 Å². The summed E-state index contributed by atoms with van der Waals surface area (Å²) in [5.74, 6) is 0.00209. The zero-order valence-electron chi connectivity index (χ0n) is 11.7. The lowest BCUT2D eigenvalue weighted by atomic mass is 10.3. The van der Waals surface area contributed by atoms with Crippen LogP contribution in [-0.4, -0.2) is 28.0 Å². The van der Waals surface area contributed by atoms with Gasteiger partial charge in [0.05, 0.1) is 6.20 Å². The number of aryl methyl sites for hydroxylation is 2. The second kappa shape index (κ2) is 5.25. The van der Waals surface area contributed by atoms with Gasteiger partial charge in [-0.25, -0.2) is 13.1 Å². The predicted molar refractivity (Wildman–Crippen MR) is 74.3 cm³/mol. The van der Waals surface area contributed by atoms with E-state index >= 15 is 0 Å². The average Bonchev–Trinajstić information content (AvgIpc) is 2.93. The van der Waals surface area contributed by atoms with Gasteiger partial charge in [-0.15, -0.1) is 0 Å². The van der Waals surface area contributed by atoms with Crippen LogP contribution in [0, 0.1) is 6.92 Å². The van der Waals surface area contributed by atoms with Gasteiger partial charge in [-0.3, -0.25) is 9.36 Å². The largest absolute Gasteiger partial charge is 0.381 e. The first-order chi connectivity index (χ1) is 9.35. The van der Waals surface area contributed by atoms with Crippen LogP contribution in [0.4, 0.5) is 5.82 Å². The third-order valence-corrected chi connectivity index (χ3v) is 4.58. The first-order valence-corrected chi connectivity index (χ1v) is 7.63. The number of aromatic nitrogens is 4. The number of sulfonamides is 1. The van der Waals surface area contributed by atoms with Crippen molar-refractivity contribution in [1.29, 1.82) is 0 Å². The van der Waals surface area contributed by atoms with E-state index in [2.05, 4.69) is 14.9 Å². The normalized spacial score (nSPS) is 11.9.